The highest BCUT2D eigenvalue weighted by Crippen LogP contribution is 2.19. The Morgan fingerprint density at radius 2 is 1.68 bits per heavy atom. The molecule has 0 aromatic heterocycles. The Kier molecular flexibility index (Phi) is 7.10. The lowest BCUT2D eigenvalue weighted by Gasteiger charge is -2.30. The van der Waals surface area contributed by atoms with Gasteiger partial charge in [-0.25, -0.2) is 0 Å². The predicted molar refractivity (Wildman–Crippen MR) is 112 cm³/mol. The Morgan fingerprint density at radius 1 is 1.04 bits per heavy atom. The molecule has 2 aromatic carbocycles. The molecule has 1 atom stereocenters. The van der Waals surface area contributed by atoms with Crippen LogP contribution in [-0.2, 0) is 22.6 Å². The third kappa shape index (κ3) is 5.59. The van der Waals surface area contributed by atoms with Crippen molar-refractivity contribution in [2.45, 2.75) is 57.7 Å². The summed E-state index contributed by atoms with van der Waals surface area (Å²) in [5.74, 6) is -0.141. The van der Waals surface area contributed by atoms with Crippen LogP contribution in [0.25, 0.3) is 0 Å². The molecule has 1 aliphatic carbocycles. The first-order valence-corrected chi connectivity index (χ1v) is 10.3. The minimum Gasteiger partial charge on any atom is -0.352 e. The molecule has 0 saturated heterocycles. The SMILES string of the molecule is C[C@H](C(=O)NC1CCCC1)N(Cc1ccc(Cl)cc1)C(=O)Cc1ccccc1. The zero-order chi connectivity index (χ0) is 19.9. The number of nitrogens with one attached hydrogen (secondary N) is 1. The summed E-state index contributed by atoms with van der Waals surface area (Å²) in [4.78, 5) is 27.6. The number of hydrogen-bond acceptors (Lipinski definition) is 2. The quantitative estimate of drug-likeness (QED) is 0.753. The highest BCUT2D eigenvalue weighted by Gasteiger charge is 2.28. The van der Waals surface area contributed by atoms with Crippen LogP contribution in [0.5, 0.6) is 0 Å². The molecule has 0 heterocycles. The number of carbonyl (C=O) groups is 2. The van der Waals surface area contributed by atoms with Crippen LogP contribution in [-0.4, -0.2) is 28.8 Å². The van der Waals surface area contributed by atoms with Gasteiger partial charge in [0, 0.05) is 17.6 Å². The van der Waals surface area contributed by atoms with Gasteiger partial charge in [0.2, 0.25) is 11.8 Å². The van der Waals surface area contributed by atoms with Crippen molar-refractivity contribution in [2.75, 3.05) is 0 Å². The van der Waals surface area contributed by atoms with Gasteiger partial charge in [-0.1, -0.05) is 66.9 Å². The van der Waals surface area contributed by atoms with Crippen molar-refractivity contribution >= 4 is 23.4 Å². The number of amides is 2. The van der Waals surface area contributed by atoms with Gasteiger partial charge >= 0.3 is 0 Å². The van der Waals surface area contributed by atoms with Crippen molar-refractivity contribution in [1.82, 2.24) is 10.2 Å². The van der Waals surface area contributed by atoms with E-state index < -0.39 is 6.04 Å². The largest absolute Gasteiger partial charge is 0.352 e. The molecule has 28 heavy (non-hydrogen) atoms. The minimum absolute atomic E-state index is 0.0600. The number of carbonyl (C=O) groups excluding carboxylic acids is 2. The molecule has 0 radical (unpaired) electrons. The summed E-state index contributed by atoms with van der Waals surface area (Å²) in [5.41, 5.74) is 1.89. The van der Waals surface area contributed by atoms with E-state index in [1.54, 1.807) is 17.0 Å². The smallest absolute Gasteiger partial charge is 0.242 e. The second-order valence-electron chi connectivity index (χ2n) is 7.48. The van der Waals surface area contributed by atoms with Crippen LogP contribution in [0.15, 0.2) is 54.6 Å². The highest BCUT2D eigenvalue weighted by molar-refractivity contribution is 6.30. The molecule has 2 amide bonds. The van der Waals surface area contributed by atoms with Crippen molar-refractivity contribution in [3.8, 4) is 0 Å². The van der Waals surface area contributed by atoms with E-state index in [2.05, 4.69) is 5.32 Å². The van der Waals surface area contributed by atoms with Crippen molar-refractivity contribution < 1.29 is 9.59 Å². The molecule has 0 spiro atoms. The Labute approximate surface area is 171 Å². The molecule has 0 bridgehead atoms. The van der Waals surface area contributed by atoms with Gasteiger partial charge in [-0.05, 0) is 43.0 Å². The van der Waals surface area contributed by atoms with Crippen molar-refractivity contribution in [3.05, 3.63) is 70.7 Å². The van der Waals surface area contributed by atoms with Crippen LogP contribution < -0.4 is 5.32 Å². The van der Waals surface area contributed by atoms with Crippen molar-refractivity contribution in [1.29, 1.82) is 0 Å². The second kappa shape index (κ2) is 9.74. The monoisotopic (exact) mass is 398 g/mol. The van der Waals surface area contributed by atoms with E-state index in [9.17, 15) is 9.59 Å². The molecule has 1 fully saturated rings. The Bertz CT molecular complexity index is 786. The van der Waals surface area contributed by atoms with E-state index in [1.165, 1.54) is 0 Å². The summed E-state index contributed by atoms with van der Waals surface area (Å²) < 4.78 is 0. The molecule has 1 N–H and O–H groups in total. The highest BCUT2D eigenvalue weighted by atomic mass is 35.5. The summed E-state index contributed by atoms with van der Waals surface area (Å²) in [6.45, 7) is 2.19. The Balaban J connectivity index is 1.74. The van der Waals surface area contributed by atoms with Crippen LogP contribution in [0.4, 0.5) is 0 Å². The number of nitrogens with zero attached hydrogens (tertiary/aromatic N) is 1. The van der Waals surface area contributed by atoms with Gasteiger partial charge in [0.05, 0.1) is 6.42 Å². The molecule has 1 saturated carbocycles. The van der Waals surface area contributed by atoms with Crippen LogP contribution >= 0.6 is 11.6 Å². The molecule has 148 valence electrons. The Hall–Kier alpha value is -2.33. The maximum Gasteiger partial charge on any atom is 0.242 e. The van der Waals surface area contributed by atoms with Crippen molar-refractivity contribution in [2.24, 2.45) is 0 Å². The van der Waals surface area contributed by atoms with Gasteiger partial charge in [-0.15, -0.1) is 0 Å². The lowest BCUT2D eigenvalue weighted by molar-refractivity contribution is -0.140. The first kappa shape index (κ1) is 20.4. The second-order valence-corrected chi connectivity index (χ2v) is 7.91. The third-order valence-corrected chi connectivity index (χ3v) is 5.59. The molecule has 0 aliphatic heterocycles. The molecule has 0 unspecified atom stereocenters. The van der Waals surface area contributed by atoms with Crippen LogP contribution in [0.1, 0.15) is 43.7 Å². The lowest BCUT2D eigenvalue weighted by Crippen LogP contribution is -2.50. The summed E-state index contributed by atoms with van der Waals surface area (Å²) in [6.07, 6.45) is 4.62. The van der Waals surface area contributed by atoms with Gasteiger partial charge in [0.25, 0.3) is 0 Å². The average molecular weight is 399 g/mol. The maximum atomic E-state index is 13.1. The molecular weight excluding hydrogens is 372 g/mol. The summed E-state index contributed by atoms with van der Waals surface area (Å²) in [6, 6.07) is 16.7. The van der Waals surface area contributed by atoms with Gasteiger partial charge in [0.15, 0.2) is 0 Å². The van der Waals surface area contributed by atoms with E-state index >= 15 is 0 Å². The average Bonchev–Trinajstić information content (AvgIpc) is 3.20. The van der Waals surface area contributed by atoms with Gasteiger partial charge < -0.3 is 10.2 Å². The fraction of sp³-hybridized carbons (Fsp3) is 0.391. The molecule has 4 nitrogen and oxygen atoms in total. The topological polar surface area (TPSA) is 49.4 Å². The normalized spacial score (nSPS) is 15.2. The zero-order valence-electron chi connectivity index (χ0n) is 16.2. The number of rotatable bonds is 7. The van der Waals surface area contributed by atoms with E-state index in [-0.39, 0.29) is 24.3 Å². The summed E-state index contributed by atoms with van der Waals surface area (Å²) >= 11 is 5.98. The van der Waals surface area contributed by atoms with E-state index in [1.807, 2.05) is 49.4 Å². The standard InChI is InChI=1S/C23H27ClN2O2/c1-17(23(28)25-21-9-5-6-10-21)26(16-19-11-13-20(24)14-12-19)22(27)15-18-7-3-2-4-8-18/h2-4,7-8,11-14,17,21H,5-6,9-10,15-16H2,1H3,(H,25,28)/t17-/m1/s1. The first-order valence-electron chi connectivity index (χ1n) is 9.91. The number of hydrogen-bond donors (Lipinski definition) is 1. The zero-order valence-corrected chi connectivity index (χ0v) is 17.0. The molecule has 1 aliphatic rings. The van der Waals surface area contributed by atoms with Crippen molar-refractivity contribution in [3.63, 3.8) is 0 Å². The lowest BCUT2D eigenvalue weighted by atomic mass is 10.1. The van der Waals surface area contributed by atoms with Gasteiger partial charge in [-0.3, -0.25) is 9.59 Å². The fourth-order valence-corrected chi connectivity index (χ4v) is 3.76. The molecule has 3 rings (SSSR count). The van der Waals surface area contributed by atoms with E-state index in [4.69, 9.17) is 11.6 Å². The summed E-state index contributed by atoms with van der Waals surface area (Å²) in [5, 5.41) is 3.77. The Morgan fingerprint density at radius 3 is 2.32 bits per heavy atom. The van der Waals surface area contributed by atoms with Crippen LogP contribution in [0.3, 0.4) is 0 Å². The molecule has 2 aromatic rings. The third-order valence-electron chi connectivity index (χ3n) is 5.33. The van der Waals surface area contributed by atoms with Crippen LogP contribution in [0.2, 0.25) is 5.02 Å². The van der Waals surface area contributed by atoms with E-state index in [0.29, 0.717) is 11.6 Å². The fourth-order valence-electron chi connectivity index (χ4n) is 3.63. The molecular formula is C23H27ClN2O2. The number of benzene rings is 2. The number of halogens is 1. The maximum absolute atomic E-state index is 13.1. The predicted octanol–water partition coefficient (Wildman–Crippen LogP) is 4.36. The van der Waals surface area contributed by atoms with Gasteiger partial charge in [-0.2, -0.15) is 0 Å². The first-order chi connectivity index (χ1) is 13.5. The minimum atomic E-state index is -0.535. The van der Waals surface area contributed by atoms with E-state index in [0.717, 1.165) is 36.8 Å². The van der Waals surface area contributed by atoms with Gasteiger partial charge in [0.1, 0.15) is 6.04 Å². The summed E-state index contributed by atoms with van der Waals surface area (Å²) in [7, 11) is 0. The van der Waals surface area contributed by atoms with Crippen LogP contribution in [0, 0.1) is 0 Å². The molecule has 5 heteroatoms.